The summed E-state index contributed by atoms with van der Waals surface area (Å²) in [5, 5.41) is 2.21. The summed E-state index contributed by atoms with van der Waals surface area (Å²) in [7, 11) is 0. The fourth-order valence-electron chi connectivity index (χ4n) is 1.96. The smallest absolute Gasteiger partial charge is 0.272 e. The van der Waals surface area contributed by atoms with Gasteiger partial charge >= 0.3 is 0 Å². The van der Waals surface area contributed by atoms with Gasteiger partial charge in [-0.2, -0.15) is 0 Å². The summed E-state index contributed by atoms with van der Waals surface area (Å²) < 4.78 is 41.1. The maximum Gasteiger partial charge on any atom is 0.272 e. The number of nitrogens with one attached hydrogen (secondary N) is 1. The van der Waals surface area contributed by atoms with E-state index in [4.69, 9.17) is 5.73 Å². The third kappa shape index (κ3) is 3.01. The van der Waals surface area contributed by atoms with Crippen molar-refractivity contribution in [1.29, 1.82) is 0 Å². The molecule has 0 spiro atoms. The number of rotatable bonds is 4. The van der Waals surface area contributed by atoms with Crippen LogP contribution < -0.4 is 11.1 Å². The Kier molecular flexibility index (Phi) is 4.21. The van der Waals surface area contributed by atoms with E-state index in [0.717, 1.165) is 18.6 Å². The van der Waals surface area contributed by atoms with Gasteiger partial charge in [0, 0.05) is 12.7 Å². The van der Waals surface area contributed by atoms with Crippen molar-refractivity contribution in [2.24, 2.45) is 0 Å². The predicted molar refractivity (Wildman–Crippen MR) is 73.4 cm³/mol. The summed E-state index contributed by atoms with van der Waals surface area (Å²) in [6.45, 7) is 2.48. The van der Waals surface area contributed by atoms with E-state index >= 15 is 0 Å². The van der Waals surface area contributed by atoms with Gasteiger partial charge in [-0.15, -0.1) is 0 Å². The zero-order chi connectivity index (χ0) is 15.6. The van der Waals surface area contributed by atoms with Gasteiger partial charge in [-0.05, 0) is 24.6 Å². The Morgan fingerprint density at radius 2 is 2.00 bits per heavy atom. The number of halogens is 3. The first-order chi connectivity index (χ1) is 9.93. The zero-order valence-corrected chi connectivity index (χ0v) is 11.3. The molecular weight excluding hydrogens is 283 g/mol. The highest BCUT2D eigenvalue weighted by atomic mass is 19.2. The predicted octanol–water partition coefficient (Wildman–Crippen LogP) is 3.15. The number of nitrogen functional groups attached to an aromatic ring is 1. The second-order valence-corrected chi connectivity index (χ2v) is 4.53. The van der Waals surface area contributed by atoms with Gasteiger partial charge in [0.1, 0.15) is 5.69 Å². The lowest BCUT2D eigenvalue weighted by Gasteiger charge is -2.09. The minimum atomic E-state index is -1.63. The first kappa shape index (κ1) is 15.0. The van der Waals surface area contributed by atoms with Gasteiger partial charge in [-0.1, -0.05) is 6.92 Å². The lowest BCUT2D eigenvalue weighted by Crippen LogP contribution is -2.18. The van der Waals surface area contributed by atoms with Crippen LogP contribution in [0.1, 0.15) is 23.8 Å². The molecule has 4 nitrogen and oxygen atoms in total. The van der Waals surface area contributed by atoms with Crippen molar-refractivity contribution in [3.8, 4) is 0 Å². The average molecular weight is 297 g/mol. The van der Waals surface area contributed by atoms with Gasteiger partial charge in [0.15, 0.2) is 17.5 Å². The van der Waals surface area contributed by atoms with Crippen LogP contribution in [0.2, 0.25) is 0 Å². The molecule has 1 aromatic heterocycles. The maximum atomic E-state index is 13.5. The fourth-order valence-corrected chi connectivity index (χ4v) is 1.96. The molecule has 112 valence electrons. The molecule has 3 N–H and O–H groups in total. The van der Waals surface area contributed by atoms with Gasteiger partial charge in [0.25, 0.3) is 5.91 Å². The van der Waals surface area contributed by atoms with Gasteiger partial charge < -0.3 is 15.6 Å². The number of anilines is 2. The number of nitrogens with two attached hydrogens (primary N) is 1. The second kappa shape index (κ2) is 5.90. The van der Waals surface area contributed by atoms with Crippen LogP contribution in [-0.2, 0) is 6.54 Å². The molecule has 2 aromatic rings. The van der Waals surface area contributed by atoms with Crippen LogP contribution in [0.5, 0.6) is 0 Å². The normalized spacial score (nSPS) is 10.7. The second-order valence-electron chi connectivity index (χ2n) is 4.53. The summed E-state index contributed by atoms with van der Waals surface area (Å²) in [4.78, 5) is 12.1. The Balaban J connectivity index is 2.28. The molecule has 2 rings (SSSR count). The van der Waals surface area contributed by atoms with Crippen molar-refractivity contribution >= 4 is 17.3 Å². The quantitative estimate of drug-likeness (QED) is 0.852. The molecule has 0 saturated carbocycles. The summed E-state index contributed by atoms with van der Waals surface area (Å²) >= 11 is 0. The van der Waals surface area contributed by atoms with Crippen molar-refractivity contribution in [3.05, 3.63) is 47.5 Å². The number of hydrogen-bond acceptors (Lipinski definition) is 2. The van der Waals surface area contributed by atoms with Gasteiger partial charge in [0.2, 0.25) is 0 Å². The lowest BCUT2D eigenvalue weighted by molar-refractivity contribution is 0.101. The summed E-state index contributed by atoms with van der Waals surface area (Å²) in [5.74, 6) is -5.03. The molecule has 7 heteroatoms. The summed E-state index contributed by atoms with van der Waals surface area (Å²) in [6, 6.07) is 3.14. The highest BCUT2D eigenvalue weighted by molar-refractivity contribution is 6.03. The SMILES string of the molecule is CCCn1cc(N)cc1C(=O)Nc1ccc(F)c(F)c1F. The van der Waals surface area contributed by atoms with Crippen LogP contribution in [0.15, 0.2) is 24.4 Å². The van der Waals surface area contributed by atoms with Crippen LogP contribution in [-0.4, -0.2) is 10.5 Å². The first-order valence-electron chi connectivity index (χ1n) is 6.34. The molecule has 0 bridgehead atoms. The lowest BCUT2D eigenvalue weighted by atomic mass is 10.2. The van der Waals surface area contributed by atoms with Crippen LogP contribution >= 0.6 is 0 Å². The minimum Gasteiger partial charge on any atom is -0.397 e. The van der Waals surface area contributed by atoms with Gasteiger partial charge in [-0.25, -0.2) is 13.2 Å². The maximum absolute atomic E-state index is 13.5. The highest BCUT2D eigenvalue weighted by Gasteiger charge is 2.18. The Morgan fingerprint density at radius 3 is 2.67 bits per heavy atom. The standard InChI is InChI=1S/C14H14F3N3O/c1-2-5-20-7-8(18)6-11(20)14(21)19-10-4-3-9(15)12(16)13(10)17/h3-4,6-7H,2,5,18H2,1H3,(H,19,21). The molecule has 1 aromatic carbocycles. The average Bonchev–Trinajstić information content (AvgIpc) is 2.81. The molecular formula is C14H14F3N3O. The minimum absolute atomic E-state index is 0.221. The number of aromatic nitrogens is 1. The number of hydrogen-bond donors (Lipinski definition) is 2. The molecule has 1 heterocycles. The molecule has 0 fully saturated rings. The van der Waals surface area contributed by atoms with Gasteiger partial charge in [0.05, 0.1) is 11.4 Å². The monoisotopic (exact) mass is 297 g/mol. The van der Waals surface area contributed by atoms with E-state index in [0.29, 0.717) is 12.2 Å². The Hall–Kier alpha value is -2.44. The van der Waals surface area contributed by atoms with E-state index in [2.05, 4.69) is 5.32 Å². The van der Waals surface area contributed by atoms with Crippen molar-refractivity contribution in [3.63, 3.8) is 0 Å². The molecule has 1 amide bonds. The van der Waals surface area contributed by atoms with Crippen LogP contribution in [0, 0.1) is 17.5 Å². The zero-order valence-electron chi connectivity index (χ0n) is 11.3. The van der Waals surface area contributed by atoms with E-state index in [1.54, 1.807) is 10.8 Å². The molecule has 0 unspecified atom stereocenters. The third-order valence-electron chi connectivity index (χ3n) is 2.90. The third-order valence-corrected chi connectivity index (χ3v) is 2.90. The number of nitrogens with zero attached hydrogens (tertiary/aromatic N) is 1. The van der Waals surface area contributed by atoms with E-state index < -0.39 is 29.0 Å². The van der Waals surface area contributed by atoms with Crippen molar-refractivity contribution < 1.29 is 18.0 Å². The summed E-state index contributed by atoms with van der Waals surface area (Å²) in [5.41, 5.74) is 5.81. The van der Waals surface area contributed by atoms with E-state index in [-0.39, 0.29) is 5.69 Å². The number of carbonyl (C=O) groups is 1. The molecule has 0 atom stereocenters. The number of carbonyl (C=O) groups excluding carboxylic acids is 1. The van der Waals surface area contributed by atoms with E-state index in [1.807, 2.05) is 6.92 Å². The summed E-state index contributed by atoms with van der Waals surface area (Å²) in [6.07, 6.45) is 2.36. The number of amides is 1. The van der Waals surface area contributed by atoms with Crippen LogP contribution in [0.25, 0.3) is 0 Å². The Morgan fingerprint density at radius 1 is 1.29 bits per heavy atom. The largest absolute Gasteiger partial charge is 0.397 e. The molecule has 0 aliphatic heterocycles. The first-order valence-corrected chi connectivity index (χ1v) is 6.34. The van der Waals surface area contributed by atoms with Gasteiger partial charge in [-0.3, -0.25) is 4.79 Å². The molecule has 0 aliphatic rings. The van der Waals surface area contributed by atoms with Crippen LogP contribution in [0.4, 0.5) is 24.5 Å². The molecule has 21 heavy (non-hydrogen) atoms. The van der Waals surface area contributed by atoms with Crippen molar-refractivity contribution in [2.45, 2.75) is 19.9 Å². The van der Waals surface area contributed by atoms with E-state index in [1.165, 1.54) is 6.07 Å². The van der Waals surface area contributed by atoms with Crippen molar-refractivity contribution in [2.75, 3.05) is 11.1 Å². The fraction of sp³-hybridized carbons (Fsp3) is 0.214. The molecule has 0 aliphatic carbocycles. The Labute approximate surface area is 119 Å². The van der Waals surface area contributed by atoms with E-state index in [9.17, 15) is 18.0 Å². The number of aryl methyl sites for hydroxylation is 1. The molecule has 0 radical (unpaired) electrons. The highest BCUT2D eigenvalue weighted by Crippen LogP contribution is 2.21. The Bertz CT molecular complexity index is 682. The van der Waals surface area contributed by atoms with Crippen LogP contribution in [0.3, 0.4) is 0 Å². The van der Waals surface area contributed by atoms with Crippen molar-refractivity contribution in [1.82, 2.24) is 4.57 Å². The molecule has 0 saturated heterocycles. The number of benzene rings is 1. The topological polar surface area (TPSA) is 60.0 Å².